The lowest BCUT2D eigenvalue weighted by atomic mass is 10.0. The van der Waals surface area contributed by atoms with Crippen LogP contribution in [0.4, 0.5) is 5.69 Å². The van der Waals surface area contributed by atoms with Gasteiger partial charge in [-0.2, -0.15) is 0 Å². The van der Waals surface area contributed by atoms with E-state index in [1.807, 2.05) is 44.2 Å². The third-order valence-electron chi connectivity index (χ3n) is 4.41. The summed E-state index contributed by atoms with van der Waals surface area (Å²) in [6, 6.07) is 11.9. The smallest absolute Gasteiger partial charge is 0.308 e. The molecule has 0 saturated carbocycles. The monoisotopic (exact) mass is 381 g/mol. The van der Waals surface area contributed by atoms with E-state index in [4.69, 9.17) is 21.2 Å². The number of carbonyl (C=O) groups excluding carboxylic acids is 1. The molecule has 0 bridgehead atoms. The van der Waals surface area contributed by atoms with Crippen LogP contribution in [-0.2, 0) is 17.8 Å². The number of ether oxygens (including phenoxy) is 1. The average molecular weight is 382 g/mol. The first-order valence-corrected chi connectivity index (χ1v) is 9.52. The number of nitrogens with zero attached hydrogens (tertiary/aromatic N) is 1. The summed E-state index contributed by atoms with van der Waals surface area (Å²) in [4.78, 5) is 16.3. The van der Waals surface area contributed by atoms with E-state index in [2.05, 4.69) is 6.07 Å². The van der Waals surface area contributed by atoms with Crippen molar-refractivity contribution in [1.82, 2.24) is 4.98 Å². The fourth-order valence-electron chi connectivity index (χ4n) is 2.86. The van der Waals surface area contributed by atoms with E-state index in [0.29, 0.717) is 23.7 Å². The molecule has 0 aliphatic rings. The maximum Gasteiger partial charge on any atom is 0.308 e. The van der Waals surface area contributed by atoms with Crippen LogP contribution in [-0.4, -0.2) is 11.0 Å². The van der Waals surface area contributed by atoms with Crippen molar-refractivity contribution in [3.05, 3.63) is 63.7 Å². The summed E-state index contributed by atoms with van der Waals surface area (Å²) in [6.45, 7) is 5.91. The van der Waals surface area contributed by atoms with Gasteiger partial charge in [-0.3, -0.25) is 4.79 Å². The molecule has 0 radical (unpaired) electrons. The Morgan fingerprint density at radius 3 is 2.48 bits per heavy atom. The Bertz CT molecular complexity index is 978. The number of nitrogens with two attached hydrogens (primary N) is 2. The van der Waals surface area contributed by atoms with Crippen molar-refractivity contribution >= 4 is 23.0 Å². The molecule has 27 heavy (non-hydrogen) atoms. The van der Waals surface area contributed by atoms with E-state index in [1.165, 1.54) is 18.3 Å². The number of aryl methyl sites for hydroxylation is 2. The molecule has 0 amide bonds. The fraction of sp³-hybridized carbons (Fsp3) is 0.238. The third kappa shape index (κ3) is 4.35. The number of esters is 1. The first-order chi connectivity index (χ1) is 12.9. The molecule has 1 heterocycles. The first kappa shape index (κ1) is 19.1. The van der Waals surface area contributed by atoms with Crippen molar-refractivity contribution in [2.24, 2.45) is 5.73 Å². The maximum absolute atomic E-state index is 11.5. The lowest BCUT2D eigenvalue weighted by molar-refractivity contribution is -0.131. The van der Waals surface area contributed by atoms with Crippen molar-refractivity contribution in [2.75, 3.05) is 5.73 Å². The van der Waals surface area contributed by atoms with E-state index in [-0.39, 0.29) is 5.97 Å². The summed E-state index contributed by atoms with van der Waals surface area (Å²) >= 11 is 1.40. The van der Waals surface area contributed by atoms with E-state index in [1.54, 1.807) is 0 Å². The molecule has 0 aliphatic carbocycles. The van der Waals surface area contributed by atoms with Crippen LogP contribution in [0, 0.1) is 13.8 Å². The Kier molecular flexibility index (Phi) is 5.58. The van der Waals surface area contributed by atoms with Crippen LogP contribution in [0.5, 0.6) is 5.06 Å². The number of thiazole rings is 1. The summed E-state index contributed by atoms with van der Waals surface area (Å²) in [6.07, 6.45) is 0.659. The zero-order chi connectivity index (χ0) is 19.6. The summed E-state index contributed by atoms with van der Waals surface area (Å²) in [7, 11) is 0. The molecule has 0 unspecified atom stereocenters. The Labute approximate surface area is 163 Å². The highest BCUT2D eigenvalue weighted by atomic mass is 32.1. The van der Waals surface area contributed by atoms with Gasteiger partial charge in [-0.25, -0.2) is 4.98 Å². The van der Waals surface area contributed by atoms with Gasteiger partial charge in [0.05, 0.1) is 0 Å². The molecule has 140 valence electrons. The molecular weight excluding hydrogens is 358 g/mol. The van der Waals surface area contributed by atoms with Gasteiger partial charge in [0.15, 0.2) is 0 Å². The highest BCUT2D eigenvalue weighted by molar-refractivity contribution is 7.14. The van der Waals surface area contributed by atoms with Gasteiger partial charge in [-0.1, -0.05) is 41.7 Å². The van der Waals surface area contributed by atoms with Crippen molar-refractivity contribution < 1.29 is 9.53 Å². The number of rotatable bonds is 5. The van der Waals surface area contributed by atoms with Crippen LogP contribution in [0.2, 0.25) is 0 Å². The molecule has 1 aromatic heterocycles. The lowest BCUT2D eigenvalue weighted by Crippen LogP contribution is -2.01. The molecule has 4 N–H and O–H groups in total. The molecule has 0 saturated heterocycles. The van der Waals surface area contributed by atoms with Crippen molar-refractivity contribution in [1.29, 1.82) is 0 Å². The Hall–Kier alpha value is -2.70. The van der Waals surface area contributed by atoms with Gasteiger partial charge >= 0.3 is 5.97 Å². The molecule has 3 rings (SSSR count). The number of hydrogen-bond donors (Lipinski definition) is 2. The van der Waals surface area contributed by atoms with E-state index in [0.717, 1.165) is 38.5 Å². The minimum absolute atomic E-state index is 0.357. The van der Waals surface area contributed by atoms with Crippen LogP contribution < -0.4 is 16.2 Å². The van der Waals surface area contributed by atoms with Gasteiger partial charge in [-0.15, -0.1) is 0 Å². The highest BCUT2D eigenvalue weighted by Gasteiger charge is 2.17. The summed E-state index contributed by atoms with van der Waals surface area (Å²) in [5.41, 5.74) is 18.4. The summed E-state index contributed by atoms with van der Waals surface area (Å²) < 4.78 is 5.42. The number of nitrogen functional groups attached to an aromatic ring is 1. The van der Waals surface area contributed by atoms with E-state index < -0.39 is 0 Å². The van der Waals surface area contributed by atoms with Gasteiger partial charge in [-0.05, 0) is 42.2 Å². The van der Waals surface area contributed by atoms with Crippen LogP contribution in [0.25, 0.3) is 11.3 Å². The quantitative estimate of drug-likeness (QED) is 0.515. The van der Waals surface area contributed by atoms with Crippen LogP contribution >= 0.6 is 11.3 Å². The minimum Gasteiger partial charge on any atom is -0.413 e. The molecule has 0 aliphatic heterocycles. The van der Waals surface area contributed by atoms with Crippen molar-refractivity contribution in [3.63, 3.8) is 0 Å². The molecule has 0 fully saturated rings. The Morgan fingerprint density at radius 1 is 1.15 bits per heavy atom. The average Bonchev–Trinajstić information content (AvgIpc) is 3.01. The standard InChI is InChI=1S/C21H23N3O2S/c1-12-9-18(23)13(2)8-17(12)10-19-24-20(21(27-19)26-14(3)25)16-6-4-15(11-22)5-7-16/h4-9H,10-11,22-23H2,1-3H3. The largest absolute Gasteiger partial charge is 0.413 e. The second-order valence-electron chi connectivity index (χ2n) is 6.55. The minimum atomic E-state index is -0.357. The number of anilines is 1. The van der Waals surface area contributed by atoms with Crippen LogP contribution in [0.3, 0.4) is 0 Å². The third-order valence-corrected chi connectivity index (χ3v) is 5.34. The first-order valence-electron chi connectivity index (χ1n) is 8.70. The topological polar surface area (TPSA) is 91.2 Å². The Morgan fingerprint density at radius 2 is 1.85 bits per heavy atom. The number of carbonyl (C=O) groups is 1. The normalized spacial score (nSPS) is 10.8. The molecule has 6 heteroatoms. The number of aromatic nitrogens is 1. The SMILES string of the molecule is CC(=O)Oc1sc(Cc2cc(C)c(N)cc2C)nc1-c1ccc(CN)cc1. The molecule has 2 aromatic carbocycles. The van der Waals surface area contributed by atoms with Gasteiger partial charge in [0.2, 0.25) is 5.06 Å². The molecule has 0 atom stereocenters. The van der Waals surface area contributed by atoms with Gasteiger partial charge in [0, 0.05) is 31.1 Å². The maximum atomic E-state index is 11.5. The van der Waals surface area contributed by atoms with Crippen LogP contribution in [0.1, 0.15) is 34.2 Å². The highest BCUT2D eigenvalue weighted by Crippen LogP contribution is 2.37. The summed E-state index contributed by atoms with van der Waals surface area (Å²) in [5, 5.41) is 1.40. The second-order valence-corrected chi connectivity index (χ2v) is 7.60. The zero-order valence-corrected chi connectivity index (χ0v) is 16.5. The van der Waals surface area contributed by atoms with Crippen molar-refractivity contribution in [3.8, 4) is 16.3 Å². The summed E-state index contributed by atoms with van der Waals surface area (Å²) in [5.74, 6) is -0.357. The predicted molar refractivity (Wildman–Crippen MR) is 110 cm³/mol. The van der Waals surface area contributed by atoms with Crippen LogP contribution in [0.15, 0.2) is 36.4 Å². The Balaban J connectivity index is 1.98. The molecular formula is C21H23N3O2S. The molecule has 3 aromatic rings. The van der Waals surface area contributed by atoms with Gasteiger partial charge < -0.3 is 16.2 Å². The number of hydrogen-bond acceptors (Lipinski definition) is 6. The van der Waals surface area contributed by atoms with E-state index >= 15 is 0 Å². The second kappa shape index (κ2) is 7.90. The zero-order valence-electron chi connectivity index (χ0n) is 15.7. The lowest BCUT2D eigenvalue weighted by Gasteiger charge is -2.08. The number of benzene rings is 2. The van der Waals surface area contributed by atoms with E-state index in [9.17, 15) is 4.79 Å². The molecule has 5 nitrogen and oxygen atoms in total. The van der Waals surface area contributed by atoms with Gasteiger partial charge in [0.25, 0.3) is 0 Å². The van der Waals surface area contributed by atoms with Gasteiger partial charge in [0.1, 0.15) is 10.7 Å². The predicted octanol–water partition coefficient (Wildman–Crippen LogP) is 3.98. The fourth-order valence-corrected chi connectivity index (χ4v) is 3.85. The van der Waals surface area contributed by atoms with Crippen molar-refractivity contribution in [2.45, 2.75) is 33.7 Å². The molecule has 0 spiro atoms.